The van der Waals surface area contributed by atoms with Crippen LogP contribution in [0.3, 0.4) is 0 Å². The van der Waals surface area contributed by atoms with Gasteiger partial charge in [-0.2, -0.15) is 0 Å². The van der Waals surface area contributed by atoms with E-state index in [0.29, 0.717) is 17.7 Å². The van der Waals surface area contributed by atoms with Crippen molar-refractivity contribution in [3.8, 4) is 0 Å². The standard InChI is InChI=1S/C20H21N3O3/c1-3-16(17-11-13(2)9-10-21-17)22-20(26)14-5-4-6-15(12-14)23-18(24)7-8-19(23)25/h4-6,9-12,16H,3,7-8H2,1-2H3,(H,22,26)/t16-/m1/s1. The number of aryl methyl sites for hydroxylation is 1. The van der Waals surface area contributed by atoms with Crippen LogP contribution in [0.4, 0.5) is 5.69 Å². The third kappa shape index (κ3) is 3.64. The minimum absolute atomic E-state index is 0.207. The van der Waals surface area contributed by atoms with Gasteiger partial charge < -0.3 is 5.32 Å². The summed E-state index contributed by atoms with van der Waals surface area (Å²) in [7, 11) is 0. The number of hydrogen-bond donors (Lipinski definition) is 1. The second-order valence-electron chi connectivity index (χ2n) is 6.37. The van der Waals surface area contributed by atoms with Crippen molar-refractivity contribution in [2.75, 3.05) is 4.90 Å². The summed E-state index contributed by atoms with van der Waals surface area (Å²) in [5.74, 6) is -0.730. The van der Waals surface area contributed by atoms with Gasteiger partial charge in [-0.3, -0.25) is 24.3 Å². The van der Waals surface area contributed by atoms with E-state index in [1.54, 1.807) is 30.5 Å². The predicted octanol–water partition coefficient (Wildman–Crippen LogP) is 2.92. The number of carbonyl (C=O) groups is 3. The zero-order valence-electron chi connectivity index (χ0n) is 14.9. The molecule has 2 aromatic rings. The highest BCUT2D eigenvalue weighted by molar-refractivity contribution is 6.20. The van der Waals surface area contributed by atoms with E-state index in [-0.39, 0.29) is 36.6 Å². The first-order valence-electron chi connectivity index (χ1n) is 8.69. The average molecular weight is 351 g/mol. The molecular formula is C20H21N3O3. The number of nitrogens with one attached hydrogen (secondary N) is 1. The second-order valence-corrected chi connectivity index (χ2v) is 6.37. The first kappa shape index (κ1) is 17.8. The van der Waals surface area contributed by atoms with E-state index in [1.807, 2.05) is 26.0 Å². The van der Waals surface area contributed by atoms with Crippen molar-refractivity contribution < 1.29 is 14.4 Å². The SMILES string of the molecule is CC[C@@H](NC(=O)c1cccc(N2C(=O)CCC2=O)c1)c1cc(C)ccn1. The first-order chi connectivity index (χ1) is 12.5. The average Bonchev–Trinajstić information content (AvgIpc) is 2.98. The molecule has 26 heavy (non-hydrogen) atoms. The van der Waals surface area contributed by atoms with Gasteiger partial charge in [0.1, 0.15) is 0 Å². The lowest BCUT2D eigenvalue weighted by atomic mass is 10.1. The number of anilines is 1. The lowest BCUT2D eigenvalue weighted by molar-refractivity contribution is -0.121. The van der Waals surface area contributed by atoms with Gasteiger partial charge in [-0.25, -0.2) is 0 Å². The van der Waals surface area contributed by atoms with Crippen LogP contribution in [-0.2, 0) is 9.59 Å². The molecule has 0 spiro atoms. The molecular weight excluding hydrogens is 330 g/mol. The van der Waals surface area contributed by atoms with Crippen molar-refractivity contribution in [1.82, 2.24) is 10.3 Å². The molecule has 3 rings (SSSR count). The second kappa shape index (κ2) is 7.47. The van der Waals surface area contributed by atoms with Gasteiger partial charge >= 0.3 is 0 Å². The molecule has 6 nitrogen and oxygen atoms in total. The van der Waals surface area contributed by atoms with Gasteiger partial charge in [-0.05, 0) is 49.2 Å². The molecule has 1 aliphatic rings. The topological polar surface area (TPSA) is 79.4 Å². The lowest BCUT2D eigenvalue weighted by Crippen LogP contribution is -2.30. The molecule has 1 N–H and O–H groups in total. The normalized spacial score (nSPS) is 15.2. The Balaban J connectivity index is 1.80. The van der Waals surface area contributed by atoms with Crippen LogP contribution in [-0.4, -0.2) is 22.7 Å². The van der Waals surface area contributed by atoms with Crippen molar-refractivity contribution in [2.45, 2.75) is 39.2 Å². The summed E-state index contributed by atoms with van der Waals surface area (Å²) < 4.78 is 0. The number of nitrogens with zero attached hydrogens (tertiary/aromatic N) is 2. The van der Waals surface area contributed by atoms with Crippen molar-refractivity contribution in [3.63, 3.8) is 0 Å². The Morgan fingerprint density at radius 3 is 2.58 bits per heavy atom. The first-order valence-corrected chi connectivity index (χ1v) is 8.69. The molecule has 0 unspecified atom stereocenters. The molecule has 1 aliphatic heterocycles. The molecule has 1 atom stereocenters. The summed E-state index contributed by atoms with van der Waals surface area (Å²) in [6, 6.07) is 10.2. The highest BCUT2D eigenvalue weighted by Crippen LogP contribution is 2.24. The minimum Gasteiger partial charge on any atom is -0.344 e. The van der Waals surface area contributed by atoms with Crippen LogP contribution in [0.2, 0.25) is 0 Å². The Labute approximate surface area is 152 Å². The maximum atomic E-state index is 12.7. The predicted molar refractivity (Wildman–Crippen MR) is 97.6 cm³/mol. The van der Waals surface area contributed by atoms with E-state index < -0.39 is 0 Å². The van der Waals surface area contributed by atoms with E-state index >= 15 is 0 Å². The molecule has 6 heteroatoms. The number of imide groups is 1. The highest BCUT2D eigenvalue weighted by Gasteiger charge is 2.30. The fraction of sp³-hybridized carbons (Fsp3) is 0.300. The summed E-state index contributed by atoms with van der Waals surface area (Å²) in [6.07, 6.45) is 2.86. The Morgan fingerprint density at radius 1 is 1.19 bits per heavy atom. The van der Waals surface area contributed by atoms with Crippen LogP contribution in [0.1, 0.15) is 53.8 Å². The quantitative estimate of drug-likeness (QED) is 0.840. The summed E-state index contributed by atoms with van der Waals surface area (Å²) in [6.45, 7) is 3.96. The van der Waals surface area contributed by atoms with Crippen molar-refractivity contribution in [1.29, 1.82) is 0 Å². The van der Waals surface area contributed by atoms with Gasteiger partial charge in [-0.1, -0.05) is 13.0 Å². The Kier molecular flexibility index (Phi) is 5.11. The van der Waals surface area contributed by atoms with Gasteiger partial charge in [0.25, 0.3) is 5.91 Å². The minimum atomic E-state index is -0.263. The van der Waals surface area contributed by atoms with Crippen LogP contribution in [0.5, 0.6) is 0 Å². The Bertz CT molecular complexity index is 847. The van der Waals surface area contributed by atoms with E-state index in [2.05, 4.69) is 10.3 Å². The van der Waals surface area contributed by atoms with E-state index in [0.717, 1.165) is 16.2 Å². The third-order valence-corrected chi connectivity index (χ3v) is 4.43. The number of carbonyl (C=O) groups excluding carboxylic acids is 3. The van der Waals surface area contributed by atoms with Gasteiger partial charge in [0.15, 0.2) is 0 Å². The zero-order chi connectivity index (χ0) is 18.7. The number of rotatable bonds is 5. The van der Waals surface area contributed by atoms with Crippen molar-refractivity contribution >= 4 is 23.4 Å². The number of amides is 3. The lowest BCUT2D eigenvalue weighted by Gasteiger charge is -2.18. The smallest absolute Gasteiger partial charge is 0.251 e. The number of hydrogen-bond acceptors (Lipinski definition) is 4. The van der Waals surface area contributed by atoms with Crippen LogP contribution >= 0.6 is 0 Å². The molecule has 1 saturated heterocycles. The molecule has 0 radical (unpaired) electrons. The maximum Gasteiger partial charge on any atom is 0.251 e. The molecule has 1 fully saturated rings. The van der Waals surface area contributed by atoms with Crippen LogP contribution in [0, 0.1) is 6.92 Å². The van der Waals surface area contributed by atoms with Crippen LogP contribution in [0.25, 0.3) is 0 Å². The highest BCUT2D eigenvalue weighted by atomic mass is 16.2. The van der Waals surface area contributed by atoms with Crippen LogP contribution < -0.4 is 10.2 Å². The van der Waals surface area contributed by atoms with Gasteiger partial charge in [0.05, 0.1) is 17.4 Å². The molecule has 3 amide bonds. The molecule has 1 aromatic carbocycles. The largest absolute Gasteiger partial charge is 0.344 e. The maximum absolute atomic E-state index is 12.7. The summed E-state index contributed by atoms with van der Waals surface area (Å²) in [5, 5.41) is 2.98. The fourth-order valence-corrected chi connectivity index (χ4v) is 3.03. The molecule has 2 heterocycles. The van der Waals surface area contributed by atoms with Gasteiger partial charge in [0.2, 0.25) is 11.8 Å². The summed E-state index contributed by atoms with van der Waals surface area (Å²) in [4.78, 5) is 42.0. The zero-order valence-corrected chi connectivity index (χ0v) is 14.9. The van der Waals surface area contributed by atoms with E-state index in [9.17, 15) is 14.4 Å². The molecule has 134 valence electrons. The molecule has 0 saturated carbocycles. The summed E-state index contributed by atoms with van der Waals surface area (Å²) in [5.41, 5.74) is 2.73. The van der Waals surface area contributed by atoms with E-state index in [1.165, 1.54) is 0 Å². The number of aromatic nitrogens is 1. The molecule has 0 aliphatic carbocycles. The van der Waals surface area contributed by atoms with Gasteiger partial charge in [0, 0.05) is 24.6 Å². The molecule has 1 aromatic heterocycles. The monoisotopic (exact) mass is 351 g/mol. The Hall–Kier alpha value is -3.02. The number of pyridine rings is 1. The van der Waals surface area contributed by atoms with Crippen molar-refractivity contribution in [3.05, 3.63) is 59.4 Å². The van der Waals surface area contributed by atoms with Gasteiger partial charge in [-0.15, -0.1) is 0 Å². The number of benzene rings is 1. The van der Waals surface area contributed by atoms with Crippen molar-refractivity contribution in [2.24, 2.45) is 0 Å². The fourth-order valence-electron chi connectivity index (χ4n) is 3.03. The Morgan fingerprint density at radius 2 is 1.92 bits per heavy atom. The third-order valence-electron chi connectivity index (χ3n) is 4.43. The van der Waals surface area contributed by atoms with Crippen LogP contribution in [0.15, 0.2) is 42.6 Å². The van der Waals surface area contributed by atoms with E-state index in [4.69, 9.17) is 0 Å². The summed E-state index contributed by atoms with van der Waals surface area (Å²) >= 11 is 0. The molecule has 0 bridgehead atoms.